The Morgan fingerprint density at radius 3 is 2.32 bits per heavy atom. The molecule has 0 heterocycles. The van der Waals surface area contributed by atoms with Crippen LogP contribution in [-0.2, 0) is 14.3 Å². The highest BCUT2D eigenvalue weighted by atomic mass is 16.5. The summed E-state index contributed by atoms with van der Waals surface area (Å²) in [4.78, 5) is 33.0. The molecule has 1 rings (SSSR count). The van der Waals surface area contributed by atoms with Gasteiger partial charge in [0.25, 0.3) is 0 Å². The molecule has 6 nitrogen and oxygen atoms in total. The van der Waals surface area contributed by atoms with E-state index < -0.39 is 11.9 Å². The van der Waals surface area contributed by atoms with E-state index in [4.69, 9.17) is 5.11 Å². The van der Waals surface area contributed by atoms with Gasteiger partial charge in [-0.15, -0.1) is 0 Å². The SMILES string of the molecule is COC(=O)c1ccc(NC(=O)CCCC(=O)O)cc1. The number of carbonyl (C=O) groups excluding carboxylic acids is 2. The molecule has 19 heavy (non-hydrogen) atoms. The zero-order valence-electron chi connectivity index (χ0n) is 10.5. The summed E-state index contributed by atoms with van der Waals surface area (Å²) >= 11 is 0. The van der Waals surface area contributed by atoms with Gasteiger partial charge in [-0.05, 0) is 30.7 Å². The van der Waals surface area contributed by atoms with Gasteiger partial charge in [0.05, 0.1) is 12.7 Å². The highest BCUT2D eigenvalue weighted by Crippen LogP contribution is 2.11. The maximum absolute atomic E-state index is 11.5. The molecule has 2 N–H and O–H groups in total. The van der Waals surface area contributed by atoms with E-state index in [1.807, 2.05) is 0 Å². The Morgan fingerprint density at radius 2 is 1.79 bits per heavy atom. The van der Waals surface area contributed by atoms with Crippen molar-refractivity contribution in [3.05, 3.63) is 29.8 Å². The molecule has 0 spiro atoms. The van der Waals surface area contributed by atoms with Gasteiger partial charge in [0.2, 0.25) is 5.91 Å². The molecule has 1 aromatic carbocycles. The first-order valence-electron chi connectivity index (χ1n) is 5.73. The minimum absolute atomic E-state index is 0.0330. The molecule has 0 fully saturated rings. The Morgan fingerprint density at radius 1 is 1.16 bits per heavy atom. The largest absolute Gasteiger partial charge is 0.481 e. The van der Waals surface area contributed by atoms with E-state index in [1.54, 1.807) is 24.3 Å². The molecule has 0 saturated heterocycles. The lowest BCUT2D eigenvalue weighted by molar-refractivity contribution is -0.137. The highest BCUT2D eigenvalue weighted by molar-refractivity contribution is 5.93. The Hall–Kier alpha value is -2.37. The fraction of sp³-hybridized carbons (Fsp3) is 0.308. The summed E-state index contributed by atoms with van der Waals surface area (Å²) in [5.41, 5.74) is 0.944. The minimum Gasteiger partial charge on any atom is -0.481 e. The van der Waals surface area contributed by atoms with Crippen LogP contribution in [0.15, 0.2) is 24.3 Å². The van der Waals surface area contributed by atoms with Gasteiger partial charge < -0.3 is 15.2 Å². The van der Waals surface area contributed by atoms with E-state index >= 15 is 0 Å². The molecule has 0 saturated carbocycles. The number of carbonyl (C=O) groups is 3. The normalized spacial score (nSPS) is 9.74. The molecular weight excluding hydrogens is 250 g/mol. The Balaban J connectivity index is 2.46. The summed E-state index contributed by atoms with van der Waals surface area (Å²) < 4.78 is 4.55. The second-order valence-corrected chi connectivity index (χ2v) is 3.86. The van der Waals surface area contributed by atoms with Crippen LogP contribution >= 0.6 is 0 Å². The Labute approximate surface area is 110 Å². The zero-order valence-corrected chi connectivity index (χ0v) is 10.5. The Bertz CT molecular complexity index is 466. The van der Waals surface area contributed by atoms with Crippen molar-refractivity contribution < 1.29 is 24.2 Å². The summed E-state index contributed by atoms with van der Waals surface area (Å²) in [5, 5.41) is 11.1. The third-order valence-electron chi connectivity index (χ3n) is 2.38. The number of methoxy groups -OCH3 is 1. The molecule has 1 aromatic rings. The van der Waals surface area contributed by atoms with Crippen LogP contribution in [0.5, 0.6) is 0 Å². The van der Waals surface area contributed by atoms with E-state index in [2.05, 4.69) is 10.1 Å². The topological polar surface area (TPSA) is 92.7 Å². The summed E-state index contributed by atoms with van der Waals surface area (Å²) in [6.07, 6.45) is 0.404. The minimum atomic E-state index is -0.921. The van der Waals surface area contributed by atoms with Crippen molar-refractivity contribution in [2.24, 2.45) is 0 Å². The van der Waals surface area contributed by atoms with Crippen LogP contribution in [0.2, 0.25) is 0 Å². The second-order valence-electron chi connectivity index (χ2n) is 3.86. The predicted molar refractivity (Wildman–Crippen MR) is 67.9 cm³/mol. The summed E-state index contributed by atoms with van der Waals surface area (Å²) in [6.45, 7) is 0. The molecule has 0 aliphatic heterocycles. The monoisotopic (exact) mass is 265 g/mol. The van der Waals surface area contributed by atoms with Gasteiger partial charge in [-0.25, -0.2) is 4.79 Å². The van der Waals surface area contributed by atoms with E-state index in [1.165, 1.54) is 7.11 Å². The van der Waals surface area contributed by atoms with E-state index in [-0.39, 0.29) is 18.7 Å². The lowest BCUT2D eigenvalue weighted by atomic mass is 10.2. The number of carboxylic acid groups (broad SMARTS) is 1. The van der Waals surface area contributed by atoms with Gasteiger partial charge in [0.15, 0.2) is 0 Å². The first-order valence-corrected chi connectivity index (χ1v) is 5.73. The first-order chi connectivity index (χ1) is 9.02. The number of esters is 1. The number of carboxylic acids is 1. The molecule has 0 aromatic heterocycles. The summed E-state index contributed by atoms with van der Waals surface area (Å²) in [7, 11) is 1.29. The van der Waals surface area contributed by atoms with Gasteiger partial charge in [0, 0.05) is 18.5 Å². The number of rotatable bonds is 6. The smallest absolute Gasteiger partial charge is 0.337 e. The number of hydrogen-bond donors (Lipinski definition) is 2. The number of hydrogen-bond acceptors (Lipinski definition) is 4. The van der Waals surface area contributed by atoms with Gasteiger partial charge >= 0.3 is 11.9 Å². The van der Waals surface area contributed by atoms with E-state index in [0.29, 0.717) is 17.7 Å². The molecular formula is C13H15NO5. The highest BCUT2D eigenvalue weighted by Gasteiger charge is 2.07. The van der Waals surface area contributed by atoms with E-state index in [9.17, 15) is 14.4 Å². The van der Waals surface area contributed by atoms with Crippen LogP contribution in [0.1, 0.15) is 29.6 Å². The maximum atomic E-state index is 11.5. The molecule has 0 radical (unpaired) electrons. The molecule has 0 bridgehead atoms. The fourth-order valence-corrected chi connectivity index (χ4v) is 1.43. The zero-order chi connectivity index (χ0) is 14.3. The van der Waals surface area contributed by atoms with Gasteiger partial charge in [-0.2, -0.15) is 0 Å². The van der Waals surface area contributed by atoms with Crippen molar-refractivity contribution >= 4 is 23.5 Å². The number of aliphatic carboxylic acids is 1. The van der Waals surface area contributed by atoms with Gasteiger partial charge in [0.1, 0.15) is 0 Å². The molecule has 0 atom stereocenters. The maximum Gasteiger partial charge on any atom is 0.337 e. The quantitative estimate of drug-likeness (QED) is 0.763. The first kappa shape index (κ1) is 14.7. The van der Waals surface area contributed by atoms with Crippen molar-refractivity contribution in [3.63, 3.8) is 0 Å². The van der Waals surface area contributed by atoms with Crippen LogP contribution in [0.25, 0.3) is 0 Å². The second kappa shape index (κ2) is 7.15. The third-order valence-corrected chi connectivity index (χ3v) is 2.38. The fourth-order valence-electron chi connectivity index (χ4n) is 1.43. The summed E-state index contributed by atoms with van der Waals surface area (Å²) in [5.74, 6) is -1.62. The van der Waals surface area contributed by atoms with Crippen LogP contribution in [-0.4, -0.2) is 30.1 Å². The number of benzene rings is 1. The van der Waals surface area contributed by atoms with Crippen LogP contribution < -0.4 is 5.32 Å². The number of nitrogens with one attached hydrogen (secondary N) is 1. The molecule has 1 amide bonds. The van der Waals surface area contributed by atoms with Crippen molar-refractivity contribution in [2.75, 3.05) is 12.4 Å². The molecule has 0 unspecified atom stereocenters. The van der Waals surface area contributed by atoms with E-state index in [0.717, 1.165) is 0 Å². The molecule has 0 aliphatic carbocycles. The lowest BCUT2D eigenvalue weighted by Gasteiger charge is -2.05. The van der Waals surface area contributed by atoms with Crippen LogP contribution in [0, 0.1) is 0 Å². The van der Waals surface area contributed by atoms with Crippen molar-refractivity contribution in [1.82, 2.24) is 0 Å². The number of anilines is 1. The summed E-state index contributed by atoms with van der Waals surface area (Å²) in [6, 6.07) is 6.25. The number of ether oxygens (including phenoxy) is 1. The average molecular weight is 265 g/mol. The van der Waals surface area contributed by atoms with Crippen molar-refractivity contribution in [1.29, 1.82) is 0 Å². The Kier molecular flexibility index (Phi) is 5.53. The lowest BCUT2D eigenvalue weighted by Crippen LogP contribution is -2.12. The van der Waals surface area contributed by atoms with Crippen LogP contribution in [0.4, 0.5) is 5.69 Å². The average Bonchev–Trinajstić information content (AvgIpc) is 2.38. The molecule has 102 valence electrons. The standard InChI is InChI=1S/C13H15NO5/c1-19-13(18)9-5-7-10(8-6-9)14-11(15)3-2-4-12(16)17/h5-8H,2-4H2,1H3,(H,14,15)(H,16,17). The van der Waals surface area contributed by atoms with Crippen LogP contribution in [0.3, 0.4) is 0 Å². The van der Waals surface area contributed by atoms with Gasteiger partial charge in [-0.3, -0.25) is 9.59 Å². The third kappa shape index (κ3) is 5.20. The van der Waals surface area contributed by atoms with Crippen molar-refractivity contribution in [2.45, 2.75) is 19.3 Å². The molecule has 0 aliphatic rings. The predicted octanol–water partition coefficient (Wildman–Crippen LogP) is 1.67. The van der Waals surface area contributed by atoms with Gasteiger partial charge in [-0.1, -0.05) is 0 Å². The molecule has 6 heteroatoms. The number of amides is 1. The van der Waals surface area contributed by atoms with Crippen molar-refractivity contribution in [3.8, 4) is 0 Å².